The molecule has 2 aliphatic heterocycles. The van der Waals surface area contributed by atoms with Crippen LogP contribution in [0.3, 0.4) is 0 Å². The molecule has 2 fully saturated rings. The van der Waals surface area contributed by atoms with Gasteiger partial charge in [0.2, 0.25) is 5.91 Å². The molecule has 7 heteroatoms. The quantitative estimate of drug-likeness (QED) is 0.811. The lowest BCUT2D eigenvalue weighted by atomic mass is 9.73. The number of ether oxygens (including phenoxy) is 1. The Bertz CT molecular complexity index is 778. The average molecular weight is 357 g/mol. The van der Waals surface area contributed by atoms with E-state index in [0.717, 1.165) is 41.9 Å². The Hall–Kier alpha value is -2.57. The first kappa shape index (κ1) is 16.9. The van der Waals surface area contributed by atoms with Crippen LogP contribution in [0.25, 0.3) is 0 Å². The van der Waals surface area contributed by atoms with Crippen molar-refractivity contribution in [1.29, 1.82) is 0 Å². The average Bonchev–Trinajstić information content (AvgIpc) is 3.16. The molecule has 1 saturated heterocycles. The topological polar surface area (TPSA) is 87.7 Å². The summed E-state index contributed by atoms with van der Waals surface area (Å²) in [4.78, 5) is 38.7. The molecule has 2 N–H and O–H groups in total. The van der Waals surface area contributed by atoms with Gasteiger partial charge in [0, 0.05) is 12.1 Å². The molecular formula is C19H23N3O4. The fourth-order valence-electron chi connectivity index (χ4n) is 4.25. The fourth-order valence-corrected chi connectivity index (χ4v) is 4.25. The molecule has 1 saturated carbocycles. The van der Waals surface area contributed by atoms with Crippen molar-refractivity contribution < 1.29 is 19.1 Å². The largest absolute Gasteiger partial charge is 0.493 e. The zero-order chi connectivity index (χ0) is 18.3. The number of hydrogen-bond acceptors (Lipinski definition) is 4. The molecule has 1 aromatic carbocycles. The highest BCUT2D eigenvalue weighted by atomic mass is 16.5. The fraction of sp³-hybridized carbons (Fsp3) is 0.526. The smallest absolute Gasteiger partial charge is 0.325 e. The maximum Gasteiger partial charge on any atom is 0.325 e. The normalized spacial score (nSPS) is 27.3. The number of carbonyl (C=O) groups is 3. The van der Waals surface area contributed by atoms with Crippen molar-refractivity contribution in [1.82, 2.24) is 10.2 Å². The van der Waals surface area contributed by atoms with Gasteiger partial charge in [-0.2, -0.15) is 0 Å². The number of fused-ring (bicyclic) bond motifs is 1. The Kier molecular flexibility index (Phi) is 4.09. The van der Waals surface area contributed by atoms with Gasteiger partial charge in [0.05, 0.1) is 6.61 Å². The number of rotatable bonds is 3. The summed E-state index contributed by atoms with van der Waals surface area (Å²) in [6.07, 6.45) is 4.33. The monoisotopic (exact) mass is 357 g/mol. The third-order valence-electron chi connectivity index (χ3n) is 5.78. The molecule has 0 bridgehead atoms. The van der Waals surface area contributed by atoms with E-state index in [9.17, 15) is 14.4 Å². The Morgan fingerprint density at radius 1 is 1.38 bits per heavy atom. The number of hydrogen-bond donors (Lipinski definition) is 2. The third kappa shape index (κ3) is 2.71. The highest BCUT2D eigenvalue weighted by Crippen LogP contribution is 2.38. The van der Waals surface area contributed by atoms with Gasteiger partial charge < -0.3 is 15.4 Å². The van der Waals surface area contributed by atoms with E-state index in [1.54, 1.807) is 6.07 Å². The highest BCUT2D eigenvalue weighted by molar-refractivity contribution is 6.10. The Morgan fingerprint density at radius 3 is 3.04 bits per heavy atom. The van der Waals surface area contributed by atoms with E-state index in [4.69, 9.17) is 4.74 Å². The van der Waals surface area contributed by atoms with Crippen molar-refractivity contribution in [2.45, 2.75) is 44.6 Å². The number of nitrogens with one attached hydrogen (secondary N) is 2. The van der Waals surface area contributed by atoms with E-state index < -0.39 is 11.6 Å². The van der Waals surface area contributed by atoms with Crippen LogP contribution in [0, 0.1) is 5.92 Å². The summed E-state index contributed by atoms with van der Waals surface area (Å²) in [7, 11) is 0. The number of urea groups is 1. The van der Waals surface area contributed by atoms with Crippen molar-refractivity contribution in [2.24, 2.45) is 5.92 Å². The van der Waals surface area contributed by atoms with Gasteiger partial charge in [-0.05, 0) is 42.5 Å². The summed E-state index contributed by atoms with van der Waals surface area (Å²) in [6.45, 7) is 2.37. The second kappa shape index (κ2) is 6.30. The van der Waals surface area contributed by atoms with Crippen LogP contribution in [0.2, 0.25) is 0 Å². The number of imide groups is 1. The second-order valence-corrected chi connectivity index (χ2v) is 7.41. The van der Waals surface area contributed by atoms with Gasteiger partial charge in [-0.3, -0.25) is 14.5 Å². The van der Waals surface area contributed by atoms with Crippen LogP contribution in [-0.4, -0.2) is 41.4 Å². The molecular weight excluding hydrogens is 334 g/mol. The molecule has 2 atom stereocenters. The summed E-state index contributed by atoms with van der Waals surface area (Å²) in [6, 6.07) is 4.99. The predicted molar refractivity (Wildman–Crippen MR) is 94.9 cm³/mol. The van der Waals surface area contributed by atoms with E-state index in [0.29, 0.717) is 18.7 Å². The minimum Gasteiger partial charge on any atom is -0.493 e. The lowest BCUT2D eigenvalue weighted by Crippen LogP contribution is -2.54. The SMILES string of the molecule is C[C@@H]1CCCC[C@@]12NC(=O)N(CC(=O)Nc1ccc3c(c1)CCO3)C2=O. The number of anilines is 1. The lowest BCUT2D eigenvalue weighted by Gasteiger charge is -2.36. The molecule has 0 radical (unpaired) electrons. The standard InChI is InChI=1S/C19H23N3O4/c1-12-4-2-3-8-19(12)17(24)22(18(25)21-19)11-16(23)20-14-5-6-15-13(10-14)7-9-26-15/h5-6,10,12H,2-4,7-9,11H2,1H3,(H,20,23)(H,21,25)/t12-,19-/m1/s1. The van der Waals surface area contributed by atoms with Crippen LogP contribution < -0.4 is 15.4 Å². The summed E-state index contributed by atoms with van der Waals surface area (Å²) >= 11 is 0. The molecule has 1 aliphatic carbocycles. The molecule has 7 nitrogen and oxygen atoms in total. The van der Waals surface area contributed by atoms with Gasteiger partial charge >= 0.3 is 6.03 Å². The van der Waals surface area contributed by atoms with E-state index in [2.05, 4.69) is 10.6 Å². The van der Waals surface area contributed by atoms with E-state index >= 15 is 0 Å². The lowest BCUT2D eigenvalue weighted by molar-refractivity contribution is -0.136. The number of benzene rings is 1. The molecule has 2 heterocycles. The Balaban J connectivity index is 1.44. The number of amides is 4. The van der Waals surface area contributed by atoms with Crippen LogP contribution >= 0.6 is 0 Å². The first-order chi connectivity index (χ1) is 12.5. The summed E-state index contributed by atoms with van der Waals surface area (Å²) < 4.78 is 5.45. The highest BCUT2D eigenvalue weighted by Gasteiger charge is 2.55. The molecule has 0 aromatic heterocycles. The molecule has 1 spiro atoms. The van der Waals surface area contributed by atoms with Crippen molar-refractivity contribution >= 4 is 23.5 Å². The summed E-state index contributed by atoms with van der Waals surface area (Å²) in [5.41, 5.74) is 0.861. The van der Waals surface area contributed by atoms with Crippen LogP contribution in [0.15, 0.2) is 18.2 Å². The molecule has 4 rings (SSSR count). The van der Waals surface area contributed by atoms with Gasteiger partial charge in [0.25, 0.3) is 5.91 Å². The maximum absolute atomic E-state index is 12.9. The Morgan fingerprint density at radius 2 is 2.23 bits per heavy atom. The zero-order valence-electron chi connectivity index (χ0n) is 14.8. The van der Waals surface area contributed by atoms with Crippen LogP contribution in [0.4, 0.5) is 10.5 Å². The third-order valence-corrected chi connectivity index (χ3v) is 5.78. The molecule has 3 aliphatic rings. The van der Waals surface area contributed by atoms with E-state index in [1.165, 1.54) is 0 Å². The van der Waals surface area contributed by atoms with Crippen LogP contribution in [-0.2, 0) is 16.0 Å². The van der Waals surface area contributed by atoms with E-state index in [-0.39, 0.29) is 24.3 Å². The van der Waals surface area contributed by atoms with Crippen molar-refractivity contribution in [3.63, 3.8) is 0 Å². The second-order valence-electron chi connectivity index (χ2n) is 7.41. The zero-order valence-corrected chi connectivity index (χ0v) is 14.8. The maximum atomic E-state index is 12.9. The van der Waals surface area contributed by atoms with Gasteiger partial charge in [0.15, 0.2) is 0 Å². The first-order valence-electron chi connectivity index (χ1n) is 9.19. The van der Waals surface area contributed by atoms with Gasteiger partial charge in [-0.1, -0.05) is 19.8 Å². The van der Waals surface area contributed by atoms with Crippen molar-refractivity contribution in [3.8, 4) is 5.75 Å². The van der Waals surface area contributed by atoms with Gasteiger partial charge in [-0.15, -0.1) is 0 Å². The molecule has 4 amide bonds. The first-order valence-corrected chi connectivity index (χ1v) is 9.19. The molecule has 26 heavy (non-hydrogen) atoms. The number of carbonyl (C=O) groups excluding carboxylic acids is 3. The minimum atomic E-state index is -0.833. The predicted octanol–water partition coefficient (Wildman–Crippen LogP) is 2.06. The van der Waals surface area contributed by atoms with E-state index in [1.807, 2.05) is 19.1 Å². The molecule has 138 valence electrons. The molecule has 0 unspecified atom stereocenters. The molecule has 1 aromatic rings. The van der Waals surface area contributed by atoms with Crippen molar-refractivity contribution in [2.75, 3.05) is 18.5 Å². The number of nitrogens with zero attached hydrogens (tertiary/aromatic N) is 1. The van der Waals surface area contributed by atoms with Crippen LogP contribution in [0.5, 0.6) is 5.75 Å². The summed E-state index contributed by atoms with van der Waals surface area (Å²) in [5.74, 6) is 0.267. The Labute approximate surface area is 152 Å². The summed E-state index contributed by atoms with van der Waals surface area (Å²) in [5, 5.41) is 5.64. The van der Waals surface area contributed by atoms with Crippen molar-refractivity contribution in [3.05, 3.63) is 23.8 Å². The van der Waals surface area contributed by atoms with Gasteiger partial charge in [0.1, 0.15) is 17.8 Å². The van der Waals surface area contributed by atoms with Gasteiger partial charge in [-0.25, -0.2) is 4.79 Å². The van der Waals surface area contributed by atoms with Crippen LogP contribution in [0.1, 0.15) is 38.2 Å². The minimum absolute atomic E-state index is 0.0810.